The molecule has 0 bridgehead atoms. The number of hydrogen-bond acceptors (Lipinski definition) is 7. The number of allylic oxidation sites excluding steroid dienone is 3. The van der Waals surface area contributed by atoms with Crippen molar-refractivity contribution < 1.29 is 38.8 Å². The topological polar surface area (TPSA) is 113 Å². The minimum absolute atomic E-state index is 0.00979. The van der Waals surface area contributed by atoms with Crippen molar-refractivity contribution in [1.29, 1.82) is 0 Å². The molecule has 3 N–H and O–H groups in total. The van der Waals surface area contributed by atoms with Gasteiger partial charge in [0.15, 0.2) is 28.6 Å². The zero-order valence-corrected chi connectivity index (χ0v) is 18.8. The number of fused-ring (bicyclic) bond motifs is 7. The van der Waals surface area contributed by atoms with Crippen LogP contribution in [0.15, 0.2) is 23.8 Å². The van der Waals surface area contributed by atoms with Crippen molar-refractivity contribution in [1.82, 2.24) is 0 Å². The third-order valence-corrected chi connectivity index (χ3v) is 9.22. The molecule has 4 aliphatic carbocycles. The second kappa shape index (κ2) is 6.36. The number of alkyl halides is 1. The Morgan fingerprint density at radius 3 is 2.53 bits per heavy atom. The second-order valence-electron chi connectivity index (χ2n) is 11.1. The first kappa shape index (κ1) is 22.3. The summed E-state index contributed by atoms with van der Waals surface area (Å²) >= 11 is 0. The van der Waals surface area contributed by atoms with Gasteiger partial charge in [0, 0.05) is 16.7 Å². The molecule has 3 saturated carbocycles. The van der Waals surface area contributed by atoms with Gasteiger partial charge in [0.05, 0.1) is 18.3 Å². The zero-order valence-electron chi connectivity index (χ0n) is 18.8. The summed E-state index contributed by atoms with van der Waals surface area (Å²) in [6, 6.07) is 0. The highest BCUT2D eigenvalue weighted by Crippen LogP contribution is 2.72. The van der Waals surface area contributed by atoms with Crippen molar-refractivity contribution in [2.24, 2.45) is 22.7 Å². The van der Waals surface area contributed by atoms with Crippen LogP contribution in [-0.2, 0) is 19.1 Å². The van der Waals surface area contributed by atoms with E-state index in [1.807, 2.05) is 0 Å². The highest BCUT2D eigenvalue weighted by Gasteiger charge is 2.80. The maximum absolute atomic E-state index is 17.2. The van der Waals surface area contributed by atoms with Gasteiger partial charge < -0.3 is 24.8 Å². The molecular weight excluding hydrogens is 419 g/mol. The first-order valence-electron chi connectivity index (χ1n) is 11.3. The van der Waals surface area contributed by atoms with Gasteiger partial charge in [0.1, 0.15) is 6.61 Å². The van der Waals surface area contributed by atoms with Crippen molar-refractivity contribution >= 4 is 11.6 Å². The number of halogens is 1. The number of ketones is 2. The van der Waals surface area contributed by atoms with Crippen LogP contribution in [0.1, 0.15) is 47.0 Å². The molecule has 0 radical (unpaired) electrons. The summed E-state index contributed by atoms with van der Waals surface area (Å²) in [5.74, 6) is -3.19. The zero-order chi connectivity index (χ0) is 23.5. The maximum Gasteiger partial charge on any atom is 0.193 e. The molecule has 176 valence electrons. The van der Waals surface area contributed by atoms with Gasteiger partial charge in [0.2, 0.25) is 0 Å². The summed E-state index contributed by atoms with van der Waals surface area (Å²) in [4.78, 5) is 25.1. The number of aliphatic hydroxyl groups is 3. The van der Waals surface area contributed by atoms with E-state index in [2.05, 4.69) is 0 Å². The van der Waals surface area contributed by atoms with Crippen LogP contribution in [0.25, 0.3) is 0 Å². The molecule has 0 aromatic carbocycles. The predicted octanol–water partition coefficient (Wildman–Crippen LogP) is 1.39. The van der Waals surface area contributed by atoms with Crippen LogP contribution >= 0.6 is 0 Å². The average molecular weight is 451 g/mol. The number of carbonyl (C=O) groups is 2. The first-order chi connectivity index (χ1) is 14.8. The first-order valence-corrected chi connectivity index (χ1v) is 11.3. The lowest BCUT2D eigenvalue weighted by Gasteiger charge is -2.63. The summed E-state index contributed by atoms with van der Waals surface area (Å²) in [6.45, 7) is 6.06. The molecule has 7 nitrogen and oxygen atoms in total. The van der Waals surface area contributed by atoms with E-state index in [0.717, 1.165) is 0 Å². The quantitative estimate of drug-likeness (QED) is 0.583. The van der Waals surface area contributed by atoms with Gasteiger partial charge in [-0.3, -0.25) is 9.59 Å². The Balaban J connectivity index is 1.66. The summed E-state index contributed by atoms with van der Waals surface area (Å²) in [7, 11) is 0. The number of aliphatic hydroxyl groups excluding tert-OH is 3. The molecule has 0 aromatic rings. The summed E-state index contributed by atoms with van der Waals surface area (Å²) in [5.41, 5.74) is -5.78. The van der Waals surface area contributed by atoms with Gasteiger partial charge in [-0.2, -0.15) is 0 Å². The van der Waals surface area contributed by atoms with Gasteiger partial charge in [-0.1, -0.05) is 13.0 Å². The van der Waals surface area contributed by atoms with Gasteiger partial charge in [-0.25, -0.2) is 4.39 Å². The molecule has 9 atom stereocenters. The highest BCUT2D eigenvalue weighted by atomic mass is 19.1. The summed E-state index contributed by atoms with van der Waals surface area (Å²) in [6.07, 6.45) is 1.02. The minimum Gasteiger partial charge on any atom is -0.390 e. The molecule has 4 fully saturated rings. The number of ether oxygens (including phenoxy) is 2. The molecule has 1 heterocycles. The van der Waals surface area contributed by atoms with Gasteiger partial charge in [-0.15, -0.1) is 0 Å². The monoisotopic (exact) mass is 450 g/mol. The number of Topliss-reactive ketones (excluding diaryl/α,β-unsaturated/α-hetero) is 1. The molecule has 1 aliphatic heterocycles. The van der Waals surface area contributed by atoms with E-state index in [9.17, 15) is 24.9 Å². The fourth-order valence-corrected chi connectivity index (χ4v) is 7.96. The number of rotatable bonds is 2. The third-order valence-electron chi connectivity index (χ3n) is 9.22. The van der Waals surface area contributed by atoms with Crippen LogP contribution in [0.4, 0.5) is 4.39 Å². The standard InChI is InChI=1S/C24H31FO7/c1-20(2)31-19-9-13-14-8-16(28)15-7-12(27)5-6-21(15,3)23(14,25)17(29)10-22(13,4)24(19,32-20)18(30)11-26/h5-7,13-14,16-17,19,26,28-29H,8-11H2,1-4H3/t13?,14-,16+,17-,19?,21-,22-,23?,24?/m0/s1. The van der Waals surface area contributed by atoms with E-state index < -0.39 is 70.4 Å². The van der Waals surface area contributed by atoms with Crippen LogP contribution in [0.2, 0.25) is 0 Å². The minimum atomic E-state index is -2.16. The van der Waals surface area contributed by atoms with Crippen molar-refractivity contribution in [3.63, 3.8) is 0 Å². The van der Waals surface area contributed by atoms with Crippen LogP contribution in [0, 0.1) is 22.7 Å². The molecule has 0 aromatic heterocycles. The van der Waals surface area contributed by atoms with Crippen molar-refractivity contribution in [3.8, 4) is 0 Å². The Kier molecular flexibility index (Phi) is 4.44. The molecule has 32 heavy (non-hydrogen) atoms. The van der Waals surface area contributed by atoms with E-state index in [-0.39, 0.29) is 24.2 Å². The van der Waals surface area contributed by atoms with Crippen LogP contribution in [0.5, 0.6) is 0 Å². The highest BCUT2D eigenvalue weighted by molar-refractivity contribution is 6.01. The number of carbonyl (C=O) groups excluding carboxylic acids is 2. The van der Waals surface area contributed by atoms with E-state index >= 15 is 4.39 Å². The molecule has 0 amide bonds. The molecular formula is C24H31FO7. The molecule has 5 rings (SSSR count). The fraction of sp³-hybridized carbons (Fsp3) is 0.750. The lowest BCUT2D eigenvalue weighted by molar-refractivity contribution is -0.250. The Morgan fingerprint density at radius 1 is 1.19 bits per heavy atom. The predicted molar refractivity (Wildman–Crippen MR) is 110 cm³/mol. The van der Waals surface area contributed by atoms with E-state index in [0.29, 0.717) is 6.42 Å². The lowest BCUT2D eigenvalue weighted by Crippen LogP contribution is -2.71. The summed E-state index contributed by atoms with van der Waals surface area (Å²) in [5, 5.41) is 32.2. The van der Waals surface area contributed by atoms with E-state index in [1.165, 1.54) is 18.2 Å². The van der Waals surface area contributed by atoms with Crippen molar-refractivity contribution in [2.75, 3.05) is 6.61 Å². The molecule has 8 heteroatoms. The second-order valence-corrected chi connectivity index (χ2v) is 11.1. The lowest BCUT2D eigenvalue weighted by atomic mass is 9.44. The Hall–Kier alpha value is -1.45. The normalized spacial score (nSPS) is 53.2. The molecule has 1 saturated heterocycles. The van der Waals surface area contributed by atoms with Crippen molar-refractivity contribution in [3.05, 3.63) is 23.8 Å². The summed E-state index contributed by atoms with van der Waals surface area (Å²) < 4.78 is 29.5. The van der Waals surface area contributed by atoms with Gasteiger partial charge >= 0.3 is 0 Å². The average Bonchev–Trinajstić information content (AvgIpc) is 3.11. The third kappa shape index (κ3) is 2.32. The van der Waals surface area contributed by atoms with Crippen LogP contribution in [0.3, 0.4) is 0 Å². The van der Waals surface area contributed by atoms with Crippen LogP contribution in [-0.4, -0.2) is 68.9 Å². The van der Waals surface area contributed by atoms with Gasteiger partial charge in [-0.05, 0) is 63.7 Å². The van der Waals surface area contributed by atoms with E-state index in [4.69, 9.17) is 9.47 Å². The fourth-order valence-electron chi connectivity index (χ4n) is 7.96. The number of hydrogen-bond donors (Lipinski definition) is 3. The largest absolute Gasteiger partial charge is 0.390 e. The molecule has 0 spiro atoms. The maximum atomic E-state index is 17.2. The smallest absolute Gasteiger partial charge is 0.193 e. The van der Waals surface area contributed by atoms with Gasteiger partial charge in [0.25, 0.3) is 0 Å². The Bertz CT molecular complexity index is 958. The molecule has 5 aliphatic rings. The molecule has 4 unspecified atom stereocenters. The van der Waals surface area contributed by atoms with E-state index in [1.54, 1.807) is 27.7 Å². The Labute approximate surface area is 186 Å². The van der Waals surface area contributed by atoms with Crippen molar-refractivity contribution in [2.45, 2.75) is 82.3 Å². The Morgan fingerprint density at radius 2 is 1.88 bits per heavy atom. The SMILES string of the molecule is CC1(C)OC2CC3[C@@H]4C[C@@H](O)C5=CC(=O)C=C[C@]5(C)C4(F)[C@@H](O)C[C@]3(C)C2(C(=O)CO)O1. The van der Waals surface area contributed by atoms with Crippen LogP contribution < -0.4 is 0 Å².